The number of hydrogen-bond donors (Lipinski definition) is 0. The van der Waals surface area contributed by atoms with Crippen molar-refractivity contribution >= 4 is 5.97 Å². The standard InChI is InChI=1S/C9H11F3O3/c1-5-3-15-8(13)6(2)4-14-7(5)9(10,11)12/h5,7H,2-4H2,1H3. The summed E-state index contributed by atoms with van der Waals surface area (Å²) in [4.78, 5) is 11.0. The van der Waals surface area contributed by atoms with E-state index in [1.54, 1.807) is 0 Å². The monoisotopic (exact) mass is 224 g/mol. The maximum Gasteiger partial charge on any atom is 0.415 e. The molecule has 1 heterocycles. The van der Waals surface area contributed by atoms with Gasteiger partial charge in [0.05, 0.1) is 18.8 Å². The van der Waals surface area contributed by atoms with Crippen LogP contribution in [-0.2, 0) is 14.3 Å². The Hall–Kier alpha value is -1.04. The van der Waals surface area contributed by atoms with E-state index >= 15 is 0 Å². The third-order valence-corrected chi connectivity index (χ3v) is 2.04. The first-order chi connectivity index (χ1) is 6.82. The zero-order chi connectivity index (χ0) is 11.6. The van der Waals surface area contributed by atoms with Crippen LogP contribution in [0.25, 0.3) is 0 Å². The lowest BCUT2D eigenvalue weighted by Crippen LogP contribution is -2.42. The third-order valence-electron chi connectivity index (χ3n) is 2.04. The van der Waals surface area contributed by atoms with Gasteiger partial charge in [-0.2, -0.15) is 13.2 Å². The molecule has 0 aromatic rings. The van der Waals surface area contributed by atoms with Crippen molar-refractivity contribution in [3.05, 3.63) is 12.2 Å². The van der Waals surface area contributed by atoms with E-state index in [4.69, 9.17) is 0 Å². The van der Waals surface area contributed by atoms with E-state index in [-0.39, 0.29) is 12.2 Å². The first-order valence-electron chi connectivity index (χ1n) is 4.35. The van der Waals surface area contributed by atoms with E-state index in [0.717, 1.165) is 0 Å². The van der Waals surface area contributed by atoms with Crippen LogP contribution in [0.15, 0.2) is 12.2 Å². The molecule has 15 heavy (non-hydrogen) atoms. The summed E-state index contributed by atoms with van der Waals surface area (Å²) in [6.07, 6.45) is -6.37. The van der Waals surface area contributed by atoms with Gasteiger partial charge in [-0.3, -0.25) is 0 Å². The molecule has 0 aromatic carbocycles. The van der Waals surface area contributed by atoms with Crippen LogP contribution in [-0.4, -0.2) is 31.5 Å². The molecule has 86 valence electrons. The summed E-state index contributed by atoms with van der Waals surface area (Å²) < 4.78 is 46.5. The molecule has 1 aliphatic rings. The van der Waals surface area contributed by atoms with E-state index < -0.39 is 30.8 Å². The van der Waals surface area contributed by atoms with Crippen LogP contribution in [0.1, 0.15) is 6.92 Å². The van der Waals surface area contributed by atoms with Gasteiger partial charge in [0.1, 0.15) is 0 Å². The maximum atomic E-state index is 12.4. The van der Waals surface area contributed by atoms with Crippen molar-refractivity contribution in [2.45, 2.75) is 19.2 Å². The van der Waals surface area contributed by atoms with E-state index in [2.05, 4.69) is 16.1 Å². The zero-order valence-corrected chi connectivity index (χ0v) is 8.13. The average molecular weight is 224 g/mol. The van der Waals surface area contributed by atoms with Gasteiger partial charge in [-0.25, -0.2) is 4.79 Å². The maximum absolute atomic E-state index is 12.4. The number of ether oxygens (including phenoxy) is 2. The highest BCUT2D eigenvalue weighted by Gasteiger charge is 2.45. The van der Waals surface area contributed by atoms with Gasteiger partial charge < -0.3 is 9.47 Å². The fourth-order valence-electron chi connectivity index (χ4n) is 1.23. The van der Waals surface area contributed by atoms with Crippen molar-refractivity contribution in [2.75, 3.05) is 13.2 Å². The van der Waals surface area contributed by atoms with Crippen molar-refractivity contribution in [3.63, 3.8) is 0 Å². The molecule has 2 unspecified atom stereocenters. The molecule has 0 radical (unpaired) electrons. The summed E-state index contributed by atoms with van der Waals surface area (Å²) in [5, 5.41) is 0. The van der Waals surface area contributed by atoms with Crippen LogP contribution in [0.5, 0.6) is 0 Å². The molecule has 0 N–H and O–H groups in total. The van der Waals surface area contributed by atoms with E-state index in [1.165, 1.54) is 6.92 Å². The Morgan fingerprint density at radius 1 is 1.47 bits per heavy atom. The van der Waals surface area contributed by atoms with Gasteiger partial charge >= 0.3 is 12.1 Å². The minimum atomic E-state index is -4.45. The Balaban J connectivity index is 2.75. The van der Waals surface area contributed by atoms with Gasteiger partial charge in [0.25, 0.3) is 0 Å². The molecule has 6 heteroatoms. The SMILES string of the molecule is C=C1COC(C(F)(F)F)C(C)COC1=O. The third kappa shape index (κ3) is 2.95. The summed E-state index contributed by atoms with van der Waals surface area (Å²) >= 11 is 0. The Morgan fingerprint density at radius 3 is 2.60 bits per heavy atom. The largest absolute Gasteiger partial charge is 0.462 e. The molecule has 0 aliphatic carbocycles. The van der Waals surface area contributed by atoms with Crippen molar-refractivity contribution < 1.29 is 27.4 Å². The lowest BCUT2D eigenvalue weighted by atomic mass is 10.0. The molecular weight excluding hydrogens is 213 g/mol. The number of hydrogen-bond acceptors (Lipinski definition) is 3. The highest BCUT2D eigenvalue weighted by molar-refractivity contribution is 5.88. The molecule has 3 nitrogen and oxygen atoms in total. The molecule has 0 amide bonds. The van der Waals surface area contributed by atoms with Gasteiger partial charge in [0.15, 0.2) is 6.10 Å². The predicted molar refractivity (Wildman–Crippen MR) is 45.1 cm³/mol. The molecule has 0 spiro atoms. The second kappa shape index (κ2) is 4.22. The Bertz CT molecular complexity index is 272. The summed E-state index contributed by atoms with van der Waals surface area (Å²) in [5.74, 6) is -1.62. The number of halogens is 3. The van der Waals surface area contributed by atoms with Crippen molar-refractivity contribution in [1.29, 1.82) is 0 Å². The van der Waals surface area contributed by atoms with Crippen LogP contribution in [0.3, 0.4) is 0 Å². The number of esters is 1. The number of carbonyl (C=O) groups is 1. The van der Waals surface area contributed by atoms with Crippen LogP contribution in [0, 0.1) is 5.92 Å². The number of cyclic esters (lactones) is 1. The summed E-state index contributed by atoms with van der Waals surface area (Å²) in [6.45, 7) is 3.82. The first-order valence-corrected chi connectivity index (χ1v) is 4.35. The summed E-state index contributed by atoms with van der Waals surface area (Å²) in [7, 11) is 0. The van der Waals surface area contributed by atoms with Crippen molar-refractivity contribution in [3.8, 4) is 0 Å². The average Bonchev–Trinajstić information content (AvgIpc) is 2.10. The highest BCUT2D eigenvalue weighted by Crippen LogP contribution is 2.30. The molecule has 0 bridgehead atoms. The van der Waals surface area contributed by atoms with Crippen LogP contribution < -0.4 is 0 Å². The fraction of sp³-hybridized carbons (Fsp3) is 0.667. The minimum absolute atomic E-state index is 0.101. The number of carbonyl (C=O) groups excluding carboxylic acids is 1. The first kappa shape index (κ1) is 12.0. The van der Waals surface area contributed by atoms with Gasteiger partial charge in [-0.05, 0) is 0 Å². The summed E-state index contributed by atoms with van der Waals surface area (Å²) in [6, 6.07) is 0. The normalized spacial score (nSPS) is 29.3. The predicted octanol–water partition coefficient (Wildman–Crippen LogP) is 1.68. The molecule has 1 saturated heterocycles. The lowest BCUT2D eigenvalue weighted by molar-refractivity contribution is -0.239. The molecular formula is C9H11F3O3. The number of alkyl halides is 3. The molecule has 0 saturated carbocycles. The smallest absolute Gasteiger partial charge is 0.415 e. The molecule has 1 aliphatic heterocycles. The Morgan fingerprint density at radius 2 is 2.07 bits per heavy atom. The summed E-state index contributed by atoms with van der Waals surface area (Å²) in [5.41, 5.74) is -0.101. The fourth-order valence-corrected chi connectivity index (χ4v) is 1.23. The molecule has 1 rings (SSSR count). The van der Waals surface area contributed by atoms with Gasteiger partial charge in [0, 0.05) is 5.92 Å². The van der Waals surface area contributed by atoms with Crippen LogP contribution in [0.4, 0.5) is 13.2 Å². The van der Waals surface area contributed by atoms with Crippen LogP contribution in [0.2, 0.25) is 0 Å². The zero-order valence-electron chi connectivity index (χ0n) is 8.13. The van der Waals surface area contributed by atoms with Crippen LogP contribution >= 0.6 is 0 Å². The highest BCUT2D eigenvalue weighted by atomic mass is 19.4. The van der Waals surface area contributed by atoms with Crippen molar-refractivity contribution in [1.82, 2.24) is 0 Å². The quantitative estimate of drug-likeness (QED) is 0.464. The van der Waals surface area contributed by atoms with Gasteiger partial charge in [0.2, 0.25) is 0 Å². The topological polar surface area (TPSA) is 35.5 Å². The van der Waals surface area contributed by atoms with E-state index in [9.17, 15) is 18.0 Å². The van der Waals surface area contributed by atoms with Crippen molar-refractivity contribution in [2.24, 2.45) is 5.92 Å². The molecule has 0 aromatic heterocycles. The number of rotatable bonds is 0. The van der Waals surface area contributed by atoms with Gasteiger partial charge in [-0.15, -0.1) is 0 Å². The molecule has 2 atom stereocenters. The Kier molecular flexibility index (Phi) is 3.38. The Labute approximate surface area is 84.8 Å². The van der Waals surface area contributed by atoms with E-state index in [1.807, 2.05) is 0 Å². The second-order valence-electron chi connectivity index (χ2n) is 3.45. The van der Waals surface area contributed by atoms with E-state index in [0.29, 0.717) is 0 Å². The lowest BCUT2D eigenvalue weighted by Gasteiger charge is -2.28. The minimum Gasteiger partial charge on any atom is -0.462 e. The second-order valence-corrected chi connectivity index (χ2v) is 3.45. The molecule has 1 fully saturated rings. The van der Waals surface area contributed by atoms with Gasteiger partial charge in [-0.1, -0.05) is 13.5 Å².